The molecule has 6 heteroatoms. The first-order chi connectivity index (χ1) is 8.55. The Kier molecular flexibility index (Phi) is 4.64. The molecule has 1 heterocycles. The Hall–Kier alpha value is -0.170. The van der Waals surface area contributed by atoms with Crippen LogP contribution in [-0.4, -0.2) is 54.9 Å². The lowest BCUT2D eigenvalue weighted by atomic mass is 9.86. The molecular weight excluding hydrogens is 252 g/mol. The highest BCUT2D eigenvalue weighted by molar-refractivity contribution is 7.86. The van der Waals surface area contributed by atoms with E-state index in [4.69, 9.17) is 0 Å². The van der Waals surface area contributed by atoms with Crippen molar-refractivity contribution in [2.75, 3.05) is 26.7 Å². The summed E-state index contributed by atoms with van der Waals surface area (Å²) in [7, 11) is -1.72. The maximum Gasteiger partial charge on any atom is 0.282 e. The average Bonchev–Trinajstić information content (AvgIpc) is 2.33. The molecular formula is C12H24N2O3S. The largest absolute Gasteiger partial charge is 0.395 e. The highest BCUT2D eigenvalue weighted by Crippen LogP contribution is 2.29. The Labute approximate surface area is 110 Å². The summed E-state index contributed by atoms with van der Waals surface area (Å²) in [6, 6.07) is -0.229. The van der Waals surface area contributed by atoms with Crippen LogP contribution in [-0.2, 0) is 10.2 Å². The maximum atomic E-state index is 12.5. The summed E-state index contributed by atoms with van der Waals surface area (Å²) in [5.74, 6) is 0.530. The number of aliphatic hydroxyl groups excluding tert-OH is 1. The zero-order chi connectivity index (χ0) is 13.2. The summed E-state index contributed by atoms with van der Waals surface area (Å²) in [5.41, 5.74) is 0. The third-order valence-electron chi connectivity index (χ3n) is 4.21. The van der Waals surface area contributed by atoms with Crippen LogP contribution in [0.2, 0.25) is 0 Å². The number of hydrogen-bond acceptors (Lipinski definition) is 3. The van der Waals surface area contributed by atoms with Crippen molar-refractivity contribution in [2.45, 2.75) is 44.6 Å². The maximum absolute atomic E-state index is 12.5. The van der Waals surface area contributed by atoms with E-state index in [1.807, 2.05) is 0 Å². The molecule has 1 N–H and O–H groups in total. The SMILES string of the molecule is CN(CC1CCC1)S(=O)(=O)N1CCCCC1CO. The molecule has 1 unspecified atom stereocenters. The van der Waals surface area contributed by atoms with Crippen molar-refractivity contribution in [3.05, 3.63) is 0 Å². The van der Waals surface area contributed by atoms with Crippen LogP contribution in [0.3, 0.4) is 0 Å². The topological polar surface area (TPSA) is 60.9 Å². The molecule has 1 atom stereocenters. The van der Waals surface area contributed by atoms with E-state index in [1.165, 1.54) is 15.0 Å². The van der Waals surface area contributed by atoms with Crippen LogP contribution in [0.25, 0.3) is 0 Å². The van der Waals surface area contributed by atoms with Crippen LogP contribution < -0.4 is 0 Å². The number of piperidine rings is 1. The van der Waals surface area contributed by atoms with Crippen LogP contribution in [0.1, 0.15) is 38.5 Å². The van der Waals surface area contributed by atoms with E-state index in [1.54, 1.807) is 7.05 Å². The zero-order valence-corrected chi connectivity index (χ0v) is 11.9. The van der Waals surface area contributed by atoms with E-state index in [9.17, 15) is 13.5 Å². The summed E-state index contributed by atoms with van der Waals surface area (Å²) in [6.07, 6.45) is 6.18. The molecule has 0 bridgehead atoms. The van der Waals surface area contributed by atoms with E-state index in [-0.39, 0.29) is 12.6 Å². The molecule has 106 valence electrons. The Morgan fingerprint density at radius 1 is 1.22 bits per heavy atom. The molecule has 0 amide bonds. The van der Waals surface area contributed by atoms with Gasteiger partial charge in [0.2, 0.25) is 0 Å². The number of nitrogens with zero attached hydrogens (tertiary/aromatic N) is 2. The highest BCUT2D eigenvalue weighted by Gasteiger charge is 2.35. The second kappa shape index (κ2) is 5.86. The smallest absolute Gasteiger partial charge is 0.282 e. The van der Waals surface area contributed by atoms with E-state index in [0.29, 0.717) is 19.0 Å². The molecule has 2 rings (SSSR count). The van der Waals surface area contributed by atoms with E-state index in [2.05, 4.69) is 0 Å². The molecule has 0 aromatic carbocycles. The van der Waals surface area contributed by atoms with E-state index in [0.717, 1.165) is 32.1 Å². The van der Waals surface area contributed by atoms with Gasteiger partial charge in [-0.2, -0.15) is 17.0 Å². The second-order valence-electron chi connectivity index (χ2n) is 5.53. The summed E-state index contributed by atoms with van der Waals surface area (Å²) in [4.78, 5) is 0. The van der Waals surface area contributed by atoms with Crippen molar-refractivity contribution in [1.82, 2.24) is 8.61 Å². The summed E-state index contributed by atoms with van der Waals surface area (Å²) in [6.45, 7) is 1.09. The van der Waals surface area contributed by atoms with Gasteiger partial charge >= 0.3 is 0 Å². The predicted molar refractivity (Wildman–Crippen MR) is 70.3 cm³/mol. The van der Waals surface area contributed by atoms with Gasteiger partial charge in [-0.3, -0.25) is 0 Å². The third kappa shape index (κ3) is 2.87. The fourth-order valence-electron chi connectivity index (χ4n) is 2.77. The average molecular weight is 276 g/mol. The monoisotopic (exact) mass is 276 g/mol. The normalized spacial score (nSPS) is 27.4. The molecule has 1 saturated carbocycles. The van der Waals surface area contributed by atoms with Gasteiger partial charge in [0.15, 0.2) is 0 Å². The minimum atomic E-state index is -3.39. The van der Waals surface area contributed by atoms with Gasteiger partial charge in [-0.25, -0.2) is 0 Å². The Morgan fingerprint density at radius 2 is 1.94 bits per heavy atom. The number of hydrogen-bond donors (Lipinski definition) is 1. The lowest BCUT2D eigenvalue weighted by Gasteiger charge is -2.38. The van der Waals surface area contributed by atoms with Crippen molar-refractivity contribution >= 4 is 10.2 Å². The van der Waals surface area contributed by atoms with Gasteiger partial charge in [-0.05, 0) is 31.6 Å². The van der Waals surface area contributed by atoms with Gasteiger partial charge in [0.05, 0.1) is 6.61 Å². The summed E-state index contributed by atoms with van der Waals surface area (Å²) in [5, 5.41) is 9.32. The molecule has 1 aliphatic carbocycles. The molecule has 0 aromatic rings. The first-order valence-electron chi connectivity index (χ1n) is 6.89. The minimum absolute atomic E-state index is 0.0729. The lowest BCUT2D eigenvalue weighted by Crippen LogP contribution is -2.51. The van der Waals surface area contributed by atoms with Gasteiger partial charge < -0.3 is 5.11 Å². The van der Waals surface area contributed by atoms with Crippen LogP contribution in [0.4, 0.5) is 0 Å². The molecule has 2 aliphatic rings. The van der Waals surface area contributed by atoms with Gasteiger partial charge in [0.1, 0.15) is 0 Å². The predicted octanol–water partition coefficient (Wildman–Crippen LogP) is 0.810. The fourth-order valence-corrected chi connectivity index (χ4v) is 4.44. The van der Waals surface area contributed by atoms with Crippen molar-refractivity contribution in [3.8, 4) is 0 Å². The Bertz CT molecular complexity index is 368. The Morgan fingerprint density at radius 3 is 2.50 bits per heavy atom. The van der Waals surface area contributed by atoms with E-state index >= 15 is 0 Å². The molecule has 5 nitrogen and oxygen atoms in total. The van der Waals surface area contributed by atoms with Crippen molar-refractivity contribution in [3.63, 3.8) is 0 Å². The van der Waals surface area contributed by atoms with Crippen molar-refractivity contribution < 1.29 is 13.5 Å². The van der Waals surface area contributed by atoms with Crippen LogP contribution in [0.5, 0.6) is 0 Å². The van der Waals surface area contributed by atoms with Gasteiger partial charge in [0, 0.05) is 26.2 Å². The Balaban J connectivity index is 2.02. The van der Waals surface area contributed by atoms with Gasteiger partial charge in [-0.1, -0.05) is 12.8 Å². The molecule has 0 radical (unpaired) electrons. The first kappa shape index (κ1) is 14.2. The fraction of sp³-hybridized carbons (Fsp3) is 1.00. The molecule has 1 saturated heterocycles. The zero-order valence-electron chi connectivity index (χ0n) is 11.1. The summed E-state index contributed by atoms with van der Waals surface area (Å²) < 4.78 is 27.9. The summed E-state index contributed by atoms with van der Waals surface area (Å²) >= 11 is 0. The molecule has 1 aliphatic heterocycles. The number of rotatable bonds is 5. The van der Waals surface area contributed by atoms with Gasteiger partial charge in [-0.15, -0.1) is 0 Å². The minimum Gasteiger partial charge on any atom is -0.395 e. The van der Waals surface area contributed by atoms with Crippen molar-refractivity contribution in [1.29, 1.82) is 0 Å². The second-order valence-corrected chi connectivity index (χ2v) is 7.52. The van der Waals surface area contributed by atoms with Crippen LogP contribution >= 0.6 is 0 Å². The molecule has 2 fully saturated rings. The van der Waals surface area contributed by atoms with Crippen LogP contribution in [0, 0.1) is 5.92 Å². The lowest BCUT2D eigenvalue weighted by molar-refractivity contribution is 0.146. The van der Waals surface area contributed by atoms with E-state index < -0.39 is 10.2 Å². The molecule has 18 heavy (non-hydrogen) atoms. The third-order valence-corrected chi connectivity index (χ3v) is 6.22. The highest BCUT2D eigenvalue weighted by atomic mass is 32.2. The standard InChI is InChI=1S/C12H24N2O3S/c1-13(9-11-5-4-6-11)18(16,17)14-8-3-2-7-12(14)10-15/h11-12,15H,2-10H2,1H3. The van der Waals surface area contributed by atoms with Gasteiger partial charge in [0.25, 0.3) is 10.2 Å². The number of aliphatic hydroxyl groups is 1. The molecule has 0 aromatic heterocycles. The van der Waals surface area contributed by atoms with Crippen molar-refractivity contribution in [2.24, 2.45) is 5.92 Å². The quantitative estimate of drug-likeness (QED) is 0.808. The molecule has 0 spiro atoms. The van der Waals surface area contributed by atoms with Crippen LogP contribution in [0.15, 0.2) is 0 Å². The first-order valence-corrected chi connectivity index (χ1v) is 8.29.